The second-order valence-corrected chi connectivity index (χ2v) is 6.02. The molecule has 102 valence electrons. The van der Waals surface area contributed by atoms with E-state index >= 15 is 0 Å². The Kier molecular flexibility index (Phi) is 5.62. The van der Waals surface area contributed by atoms with E-state index in [1.165, 1.54) is 0 Å². The summed E-state index contributed by atoms with van der Waals surface area (Å²) >= 11 is 0. The maximum absolute atomic E-state index is 12.5. The SMILES string of the molecule is CC(C)N(CCCO)C(=O)C(C)(C)C(C)(C)N. The lowest BCUT2D eigenvalue weighted by Crippen LogP contribution is -2.57. The summed E-state index contributed by atoms with van der Waals surface area (Å²) in [5, 5.41) is 8.88. The summed E-state index contributed by atoms with van der Waals surface area (Å²) in [6.45, 7) is 12.1. The summed E-state index contributed by atoms with van der Waals surface area (Å²) in [6.07, 6.45) is 0.602. The van der Waals surface area contributed by atoms with E-state index in [0.29, 0.717) is 13.0 Å². The van der Waals surface area contributed by atoms with Gasteiger partial charge < -0.3 is 15.7 Å². The number of aliphatic hydroxyl groups is 1. The van der Waals surface area contributed by atoms with Crippen molar-refractivity contribution in [3.63, 3.8) is 0 Å². The molecule has 0 spiro atoms. The van der Waals surface area contributed by atoms with Gasteiger partial charge in [-0.25, -0.2) is 0 Å². The number of nitrogens with zero attached hydrogens (tertiary/aromatic N) is 1. The van der Waals surface area contributed by atoms with Crippen LogP contribution in [0.2, 0.25) is 0 Å². The van der Waals surface area contributed by atoms with Crippen LogP contribution in [0.15, 0.2) is 0 Å². The molecular weight excluding hydrogens is 216 g/mol. The highest BCUT2D eigenvalue weighted by Crippen LogP contribution is 2.31. The fourth-order valence-electron chi connectivity index (χ4n) is 1.47. The number of carbonyl (C=O) groups is 1. The Labute approximate surface area is 105 Å². The summed E-state index contributed by atoms with van der Waals surface area (Å²) in [5.41, 5.74) is 4.89. The van der Waals surface area contributed by atoms with Crippen molar-refractivity contribution in [2.45, 2.75) is 59.5 Å². The molecule has 4 heteroatoms. The number of amides is 1. The van der Waals surface area contributed by atoms with Crippen LogP contribution in [0.1, 0.15) is 48.0 Å². The number of carbonyl (C=O) groups excluding carboxylic acids is 1. The van der Waals surface area contributed by atoms with Crippen LogP contribution >= 0.6 is 0 Å². The molecule has 0 unspecified atom stereocenters. The van der Waals surface area contributed by atoms with E-state index in [0.717, 1.165) is 0 Å². The Balaban J connectivity index is 4.96. The van der Waals surface area contributed by atoms with Gasteiger partial charge in [0.05, 0.1) is 5.41 Å². The molecule has 0 heterocycles. The zero-order valence-electron chi connectivity index (χ0n) is 12.1. The maximum atomic E-state index is 12.5. The Bertz CT molecular complexity index is 255. The van der Waals surface area contributed by atoms with E-state index < -0.39 is 11.0 Å². The fraction of sp³-hybridized carbons (Fsp3) is 0.923. The molecule has 0 aliphatic heterocycles. The van der Waals surface area contributed by atoms with Crippen molar-refractivity contribution in [3.05, 3.63) is 0 Å². The third-order valence-electron chi connectivity index (χ3n) is 3.59. The molecule has 0 atom stereocenters. The normalized spacial score (nSPS) is 13.0. The first-order valence-corrected chi connectivity index (χ1v) is 6.26. The fourth-order valence-corrected chi connectivity index (χ4v) is 1.47. The Morgan fingerprint density at radius 2 is 1.76 bits per heavy atom. The van der Waals surface area contributed by atoms with Crippen LogP contribution in [0.3, 0.4) is 0 Å². The van der Waals surface area contributed by atoms with Crippen LogP contribution in [-0.2, 0) is 4.79 Å². The van der Waals surface area contributed by atoms with Crippen molar-refractivity contribution in [1.29, 1.82) is 0 Å². The van der Waals surface area contributed by atoms with Gasteiger partial charge in [0.1, 0.15) is 0 Å². The van der Waals surface area contributed by atoms with E-state index in [1.54, 1.807) is 4.90 Å². The predicted octanol–water partition coefficient (Wildman–Crippen LogP) is 1.37. The van der Waals surface area contributed by atoms with Gasteiger partial charge in [-0.2, -0.15) is 0 Å². The first-order chi connectivity index (χ1) is 7.55. The van der Waals surface area contributed by atoms with Crippen LogP contribution < -0.4 is 5.73 Å². The van der Waals surface area contributed by atoms with Crippen molar-refractivity contribution in [1.82, 2.24) is 4.90 Å². The number of rotatable bonds is 6. The molecule has 0 aromatic rings. The lowest BCUT2D eigenvalue weighted by atomic mass is 9.74. The molecule has 0 aromatic heterocycles. The first-order valence-electron chi connectivity index (χ1n) is 6.26. The molecule has 0 bridgehead atoms. The van der Waals surface area contributed by atoms with Gasteiger partial charge >= 0.3 is 0 Å². The Morgan fingerprint density at radius 3 is 2.06 bits per heavy atom. The summed E-state index contributed by atoms with van der Waals surface area (Å²) in [6, 6.07) is 0.121. The number of hydrogen-bond donors (Lipinski definition) is 2. The average Bonchev–Trinajstić information content (AvgIpc) is 2.15. The molecule has 0 aliphatic carbocycles. The van der Waals surface area contributed by atoms with Crippen LogP contribution in [0.5, 0.6) is 0 Å². The zero-order valence-corrected chi connectivity index (χ0v) is 12.1. The minimum Gasteiger partial charge on any atom is -0.396 e. The van der Waals surface area contributed by atoms with Crippen LogP contribution in [-0.4, -0.2) is 40.6 Å². The highest BCUT2D eigenvalue weighted by Gasteiger charge is 2.43. The van der Waals surface area contributed by atoms with Crippen molar-refractivity contribution in [2.75, 3.05) is 13.2 Å². The molecular formula is C13H28N2O2. The summed E-state index contributed by atoms with van der Waals surface area (Å²) < 4.78 is 0. The van der Waals surface area contributed by atoms with E-state index in [9.17, 15) is 4.79 Å². The van der Waals surface area contributed by atoms with Crippen molar-refractivity contribution >= 4 is 5.91 Å². The van der Waals surface area contributed by atoms with Crippen LogP contribution in [0.25, 0.3) is 0 Å². The van der Waals surface area contributed by atoms with E-state index in [-0.39, 0.29) is 18.6 Å². The Hall–Kier alpha value is -0.610. The minimum absolute atomic E-state index is 0.0495. The number of hydrogen-bond acceptors (Lipinski definition) is 3. The summed E-state index contributed by atoms with van der Waals surface area (Å²) in [7, 11) is 0. The molecule has 0 saturated carbocycles. The van der Waals surface area contributed by atoms with Crippen molar-refractivity contribution in [3.8, 4) is 0 Å². The monoisotopic (exact) mass is 244 g/mol. The Morgan fingerprint density at radius 1 is 1.29 bits per heavy atom. The van der Waals surface area contributed by atoms with Gasteiger partial charge in [0.15, 0.2) is 0 Å². The largest absolute Gasteiger partial charge is 0.396 e. The highest BCUT2D eigenvalue weighted by molar-refractivity contribution is 5.83. The highest BCUT2D eigenvalue weighted by atomic mass is 16.3. The first kappa shape index (κ1) is 16.4. The maximum Gasteiger partial charge on any atom is 0.230 e. The van der Waals surface area contributed by atoms with Gasteiger partial charge in [0.2, 0.25) is 5.91 Å². The van der Waals surface area contributed by atoms with Gasteiger partial charge in [-0.1, -0.05) is 0 Å². The minimum atomic E-state index is -0.618. The summed E-state index contributed by atoms with van der Waals surface area (Å²) in [5.74, 6) is 0.0495. The second-order valence-electron chi connectivity index (χ2n) is 6.02. The molecule has 0 aromatic carbocycles. The number of nitrogens with two attached hydrogens (primary N) is 1. The predicted molar refractivity (Wildman–Crippen MR) is 70.6 cm³/mol. The average molecular weight is 244 g/mol. The molecule has 0 rings (SSSR count). The molecule has 1 amide bonds. The zero-order chi connectivity index (χ0) is 13.9. The third kappa shape index (κ3) is 3.96. The molecule has 0 radical (unpaired) electrons. The van der Waals surface area contributed by atoms with Crippen molar-refractivity contribution < 1.29 is 9.90 Å². The smallest absolute Gasteiger partial charge is 0.230 e. The van der Waals surface area contributed by atoms with Gasteiger partial charge in [0, 0.05) is 24.7 Å². The van der Waals surface area contributed by atoms with Gasteiger partial charge in [-0.15, -0.1) is 0 Å². The summed E-state index contributed by atoms with van der Waals surface area (Å²) in [4.78, 5) is 14.3. The molecule has 0 saturated heterocycles. The molecule has 0 fully saturated rings. The molecule has 4 nitrogen and oxygen atoms in total. The van der Waals surface area contributed by atoms with Gasteiger partial charge in [-0.3, -0.25) is 4.79 Å². The van der Waals surface area contributed by atoms with E-state index in [1.807, 2.05) is 41.5 Å². The van der Waals surface area contributed by atoms with Crippen molar-refractivity contribution in [2.24, 2.45) is 11.1 Å². The molecule has 0 aliphatic rings. The quantitative estimate of drug-likeness (QED) is 0.741. The van der Waals surface area contributed by atoms with Gasteiger partial charge in [0.25, 0.3) is 0 Å². The third-order valence-corrected chi connectivity index (χ3v) is 3.59. The molecule has 3 N–H and O–H groups in total. The van der Waals surface area contributed by atoms with Crippen LogP contribution in [0.4, 0.5) is 0 Å². The van der Waals surface area contributed by atoms with Gasteiger partial charge in [-0.05, 0) is 48.0 Å². The second kappa shape index (κ2) is 5.83. The van der Waals surface area contributed by atoms with E-state index in [2.05, 4.69) is 0 Å². The topological polar surface area (TPSA) is 66.6 Å². The number of aliphatic hydroxyl groups excluding tert-OH is 1. The van der Waals surface area contributed by atoms with Crippen LogP contribution in [0, 0.1) is 5.41 Å². The molecule has 17 heavy (non-hydrogen) atoms. The standard InChI is InChI=1S/C13H28N2O2/c1-10(2)15(8-7-9-16)11(17)12(3,4)13(5,6)14/h10,16H,7-9,14H2,1-6H3. The van der Waals surface area contributed by atoms with E-state index in [4.69, 9.17) is 10.8 Å². The lowest BCUT2D eigenvalue weighted by molar-refractivity contribution is -0.145. The lowest BCUT2D eigenvalue weighted by Gasteiger charge is -2.42.